The number of hydrogen-bond acceptors (Lipinski definition) is 8. The number of esters is 1. The van der Waals surface area contributed by atoms with Gasteiger partial charge < -0.3 is 19.4 Å². The van der Waals surface area contributed by atoms with Crippen LogP contribution in [0.1, 0.15) is 46.6 Å². The predicted octanol–water partition coefficient (Wildman–Crippen LogP) is 5.19. The number of ether oxygens (including phenoxy) is 2. The summed E-state index contributed by atoms with van der Waals surface area (Å²) in [4.78, 5) is 25.9. The SMILES string of the molecule is CCOC(=O)c1c(NC(=O)CSc2nnc(C(C)Oc3cccc(Cl)c3)n2C)sc(C)c1C. The lowest BCUT2D eigenvalue weighted by atomic mass is 10.1. The number of aromatic nitrogens is 3. The monoisotopic (exact) mass is 508 g/mol. The Morgan fingerprint density at radius 2 is 2.06 bits per heavy atom. The van der Waals surface area contributed by atoms with Crippen LogP contribution in [0.4, 0.5) is 5.00 Å². The molecule has 0 fully saturated rings. The summed E-state index contributed by atoms with van der Waals surface area (Å²) < 4.78 is 12.8. The number of nitrogens with one attached hydrogen (secondary N) is 1. The van der Waals surface area contributed by atoms with Crippen LogP contribution in [0.25, 0.3) is 0 Å². The molecule has 0 saturated heterocycles. The maximum absolute atomic E-state index is 12.6. The van der Waals surface area contributed by atoms with Crippen LogP contribution in [0.15, 0.2) is 29.4 Å². The highest BCUT2D eigenvalue weighted by Crippen LogP contribution is 2.33. The molecule has 0 radical (unpaired) electrons. The zero-order valence-corrected chi connectivity index (χ0v) is 21.4. The Morgan fingerprint density at radius 3 is 2.76 bits per heavy atom. The van der Waals surface area contributed by atoms with Crippen molar-refractivity contribution in [1.29, 1.82) is 0 Å². The van der Waals surface area contributed by atoms with Gasteiger partial charge in [0.15, 0.2) is 17.1 Å². The minimum Gasteiger partial charge on any atom is -0.483 e. The van der Waals surface area contributed by atoms with E-state index in [0.717, 1.165) is 10.4 Å². The van der Waals surface area contributed by atoms with Crippen molar-refractivity contribution in [2.45, 2.75) is 39.0 Å². The van der Waals surface area contributed by atoms with Gasteiger partial charge in [-0.1, -0.05) is 29.4 Å². The van der Waals surface area contributed by atoms with E-state index in [1.54, 1.807) is 23.6 Å². The highest BCUT2D eigenvalue weighted by Gasteiger charge is 2.23. The summed E-state index contributed by atoms with van der Waals surface area (Å²) in [6.45, 7) is 7.63. The molecule has 1 amide bonds. The molecule has 8 nitrogen and oxygen atoms in total. The van der Waals surface area contributed by atoms with Crippen molar-refractivity contribution in [2.24, 2.45) is 7.05 Å². The van der Waals surface area contributed by atoms with Crippen LogP contribution < -0.4 is 10.1 Å². The molecule has 0 saturated carbocycles. The molecule has 33 heavy (non-hydrogen) atoms. The minimum absolute atomic E-state index is 0.105. The van der Waals surface area contributed by atoms with Crippen LogP contribution in [-0.4, -0.2) is 39.0 Å². The number of carbonyl (C=O) groups is 2. The zero-order valence-electron chi connectivity index (χ0n) is 19.0. The molecular weight excluding hydrogens is 484 g/mol. The molecule has 0 bridgehead atoms. The van der Waals surface area contributed by atoms with Gasteiger partial charge in [-0.25, -0.2) is 4.79 Å². The van der Waals surface area contributed by atoms with Crippen LogP contribution in [-0.2, 0) is 16.6 Å². The van der Waals surface area contributed by atoms with Crippen molar-refractivity contribution >= 4 is 51.6 Å². The molecule has 0 aliphatic carbocycles. The first-order chi connectivity index (χ1) is 15.7. The number of thiophene rings is 1. The molecule has 3 aromatic rings. The average molecular weight is 509 g/mol. The Hall–Kier alpha value is -2.56. The van der Waals surface area contributed by atoms with Crippen molar-refractivity contribution < 1.29 is 19.1 Å². The molecule has 1 aromatic carbocycles. The molecule has 3 rings (SSSR count). The van der Waals surface area contributed by atoms with E-state index in [1.807, 2.05) is 40.0 Å². The van der Waals surface area contributed by atoms with E-state index < -0.39 is 5.97 Å². The predicted molar refractivity (Wildman–Crippen MR) is 131 cm³/mol. The second-order valence-corrected chi connectivity index (χ2v) is 9.77. The molecule has 0 aliphatic rings. The highest BCUT2D eigenvalue weighted by molar-refractivity contribution is 7.99. The largest absolute Gasteiger partial charge is 0.483 e. The number of amides is 1. The van der Waals surface area contributed by atoms with Gasteiger partial charge in [-0.05, 0) is 51.5 Å². The Morgan fingerprint density at radius 1 is 1.30 bits per heavy atom. The fourth-order valence-corrected chi connectivity index (χ4v) is 5.02. The lowest BCUT2D eigenvalue weighted by Gasteiger charge is -2.14. The number of rotatable bonds is 9. The zero-order chi connectivity index (χ0) is 24.1. The Kier molecular flexibility index (Phi) is 8.39. The number of nitrogens with zero attached hydrogens (tertiary/aromatic N) is 3. The van der Waals surface area contributed by atoms with Crippen molar-refractivity contribution in [3.05, 3.63) is 51.1 Å². The smallest absolute Gasteiger partial charge is 0.341 e. The third-order valence-corrected chi connectivity index (χ3v) is 7.17. The maximum Gasteiger partial charge on any atom is 0.341 e. The number of anilines is 1. The molecule has 1 N–H and O–H groups in total. The van der Waals surface area contributed by atoms with E-state index >= 15 is 0 Å². The molecule has 0 spiro atoms. The summed E-state index contributed by atoms with van der Waals surface area (Å²) in [5.41, 5.74) is 1.22. The molecule has 1 atom stereocenters. The summed E-state index contributed by atoms with van der Waals surface area (Å²) in [6.07, 6.45) is -0.367. The van der Waals surface area contributed by atoms with E-state index in [0.29, 0.717) is 32.3 Å². The van der Waals surface area contributed by atoms with E-state index in [9.17, 15) is 9.59 Å². The van der Waals surface area contributed by atoms with Crippen molar-refractivity contribution in [3.63, 3.8) is 0 Å². The molecule has 0 aliphatic heterocycles. The fourth-order valence-electron chi connectivity index (χ4n) is 3.06. The number of aryl methyl sites for hydroxylation is 1. The number of benzene rings is 1. The van der Waals surface area contributed by atoms with Crippen molar-refractivity contribution in [2.75, 3.05) is 17.7 Å². The lowest BCUT2D eigenvalue weighted by molar-refractivity contribution is -0.113. The van der Waals surface area contributed by atoms with Gasteiger partial charge >= 0.3 is 5.97 Å². The average Bonchev–Trinajstić information content (AvgIpc) is 3.25. The Balaban J connectivity index is 1.63. The third kappa shape index (κ3) is 6.07. The number of hydrogen-bond donors (Lipinski definition) is 1. The third-order valence-electron chi connectivity index (χ3n) is 4.79. The first-order valence-electron chi connectivity index (χ1n) is 10.2. The summed E-state index contributed by atoms with van der Waals surface area (Å²) in [7, 11) is 1.82. The minimum atomic E-state index is -0.436. The van der Waals surface area contributed by atoms with Gasteiger partial charge in [0.25, 0.3) is 0 Å². The van der Waals surface area contributed by atoms with Crippen LogP contribution >= 0.6 is 34.7 Å². The second kappa shape index (κ2) is 11.0. The molecule has 2 heterocycles. The summed E-state index contributed by atoms with van der Waals surface area (Å²) in [5, 5.41) is 12.9. The number of thioether (sulfide) groups is 1. The standard InChI is InChI=1S/C22H25ClN4O4S2/c1-6-30-21(29)18-12(2)14(4)33-20(18)24-17(28)11-32-22-26-25-19(27(22)5)13(3)31-16-9-7-8-15(23)10-16/h7-10,13H,6,11H2,1-5H3,(H,24,28). The van der Waals surface area contributed by atoms with Crippen molar-refractivity contribution in [3.8, 4) is 5.75 Å². The number of halogens is 1. The summed E-state index contributed by atoms with van der Waals surface area (Å²) in [5.74, 6) is 0.666. The van der Waals surface area contributed by atoms with Gasteiger partial charge in [-0.3, -0.25) is 4.79 Å². The van der Waals surface area contributed by atoms with E-state index in [2.05, 4.69) is 15.5 Å². The fraction of sp³-hybridized carbons (Fsp3) is 0.364. The lowest BCUT2D eigenvalue weighted by Crippen LogP contribution is -2.17. The van der Waals surface area contributed by atoms with E-state index in [-0.39, 0.29) is 24.4 Å². The van der Waals surface area contributed by atoms with E-state index in [1.165, 1.54) is 23.1 Å². The Bertz CT molecular complexity index is 1160. The number of carbonyl (C=O) groups excluding carboxylic acids is 2. The van der Waals surface area contributed by atoms with Crippen molar-refractivity contribution in [1.82, 2.24) is 14.8 Å². The summed E-state index contributed by atoms with van der Waals surface area (Å²) >= 11 is 8.61. The van der Waals surface area contributed by atoms with E-state index in [4.69, 9.17) is 21.1 Å². The molecule has 2 aromatic heterocycles. The van der Waals surface area contributed by atoms with Crippen LogP contribution in [0, 0.1) is 13.8 Å². The van der Waals surface area contributed by atoms with Gasteiger partial charge in [-0.2, -0.15) is 0 Å². The highest BCUT2D eigenvalue weighted by atomic mass is 35.5. The van der Waals surface area contributed by atoms with Gasteiger partial charge in [-0.15, -0.1) is 21.5 Å². The topological polar surface area (TPSA) is 95.3 Å². The van der Waals surface area contributed by atoms with Crippen LogP contribution in [0.2, 0.25) is 5.02 Å². The molecule has 11 heteroatoms. The quantitative estimate of drug-likeness (QED) is 0.313. The van der Waals surface area contributed by atoms with Gasteiger partial charge in [0.2, 0.25) is 5.91 Å². The maximum atomic E-state index is 12.6. The molecule has 176 valence electrons. The van der Waals surface area contributed by atoms with Crippen LogP contribution in [0.3, 0.4) is 0 Å². The normalized spacial score (nSPS) is 11.8. The first-order valence-corrected chi connectivity index (χ1v) is 12.4. The summed E-state index contributed by atoms with van der Waals surface area (Å²) in [6, 6.07) is 7.13. The van der Waals surface area contributed by atoms with Gasteiger partial charge in [0.1, 0.15) is 10.8 Å². The molecular formula is C22H25ClN4O4S2. The molecule has 1 unspecified atom stereocenters. The first kappa shape index (κ1) is 25.1. The van der Waals surface area contributed by atoms with Gasteiger partial charge in [0.05, 0.1) is 17.9 Å². The second-order valence-electron chi connectivity index (χ2n) is 7.16. The Labute approximate surface area is 205 Å². The van der Waals surface area contributed by atoms with Gasteiger partial charge in [0, 0.05) is 16.9 Å². The van der Waals surface area contributed by atoms with Crippen LogP contribution in [0.5, 0.6) is 5.75 Å².